The van der Waals surface area contributed by atoms with Crippen LogP contribution in [0.1, 0.15) is 21.6 Å². The molecule has 0 saturated carbocycles. The van der Waals surface area contributed by atoms with Crippen molar-refractivity contribution < 1.29 is 9.59 Å². The first-order chi connectivity index (χ1) is 15.0. The molecule has 1 fully saturated rings. The number of carbonyl (C=O) groups excluding carboxylic acids is 2. The summed E-state index contributed by atoms with van der Waals surface area (Å²) in [4.78, 5) is 33.8. The molecule has 1 aliphatic rings. The third-order valence-electron chi connectivity index (χ3n) is 5.52. The summed E-state index contributed by atoms with van der Waals surface area (Å²) < 4.78 is 0. The lowest BCUT2D eigenvalue weighted by Gasteiger charge is -2.34. The molecule has 0 aliphatic carbocycles. The first kappa shape index (κ1) is 21.2. The van der Waals surface area contributed by atoms with Crippen LogP contribution in [0.5, 0.6) is 0 Å². The summed E-state index contributed by atoms with van der Waals surface area (Å²) in [7, 11) is 0. The van der Waals surface area contributed by atoms with Gasteiger partial charge in [0.05, 0.1) is 6.54 Å². The highest BCUT2D eigenvalue weighted by Crippen LogP contribution is 2.24. The van der Waals surface area contributed by atoms with Crippen LogP contribution in [0.25, 0.3) is 10.6 Å². The van der Waals surface area contributed by atoms with Crippen LogP contribution in [0, 0.1) is 13.8 Å². The summed E-state index contributed by atoms with van der Waals surface area (Å²) in [5, 5.41) is 5.72. The fraction of sp³-hybridized carbons (Fsp3) is 0.292. The highest BCUT2D eigenvalue weighted by molar-refractivity contribution is 7.13. The number of hydrogen-bond donors (Lipinski definition) is 1. The molecule has 0 bridgehead atoms. The minimum Gasteiger partial charge on any atom is -0.335 e. The Morgan fingerprint density at radius 1 is 0.968 bits per heavy atom. The van der Waals surface area contributed by atoms with Crippen LogP contribution in [-0.4, -0.2) is 59.3 Å². The zero-order valence-corrected chi connectivity index (χ0v) is 18.6. The smallest absolute Gasteiger partial charge is 0.273 e. The van der Waals surface area contributed by atoms with Gasteiger partial charge in [-0.25, -0.2) is 4.98 Å². The van der Waals surface area contributed by atoms with Gasteiger partial charge in [0.25, 0.3) is 5.91 Å². The maximum absolute atomic E-state index is 12.9. The van der Waals surface area contributed by atoms with Crippen molar-refractivity contribution in [3.05, 3.63) is 70.7 Å². The number of para-hydroxylation sites is 1. The summed E-state index contributed by atoms with van der Waals surface area (Å²) in [6.07, 6.45) is 0. The molecule has 1 N–H and O–H groups in total. The number of anilines is 1. The molecular weight excluding hydrogens is 408 g/mol. The van der Waals surface area contributed by atoms with Crippen LogP contribution in [0.4, 0.5) is 5.69 Å². The van der Waals surface area contributed by atoms with Crippen molar-refractivity contribution in [2.45, 2.75) is 13.8 Å². The number of rotatable bonds is 5. The van der Waals surface area contributed by atoms with Gasteiger partial charge < -0.3 is 10.2 Å². The normalized spacial score (nSPS) is 14.5. The molecule has 31 heavy (non-hydrogen) atoms. The molecule has 1 saturated heterocycles. The van der Waals surface area contributed by atoms with E-state index >= 15 is 0 Å². The predicted octanol–water partition coefficient (Wildman–Crippen LogP) is 3.82. The molecule has 2 heterocycles. The van der Waals surface area contributed by atoms with Crippen LogP contribution in [0.15, 0.2) is 53.9 Å². The Hall–Kier alpha value is -3.03. The lowest BCUT2D eigenvalue weighted by atomic mass is 10.1. The third-order valence-corrected chi connectivity index (χ3v) is 6.41. The van der Waals surface area contributed by atoms with E-state index in [0.717, 1.165) is 27.4 Å². The molecule has 4 rings (SSSR count). The van der Waals surface area contributed by atoms with Crippen LogP contribution >= 0.6 is 11.3 Å². The standard InChI is InChI=1S/C24H26N4O2S/c1-17-7-6-8-18(2)22(17)26-21(29)15-27-11-13-28(14-12-27)24(30)20-16-31-23(25-20)19-9-4-3-5-10-19/h3-10,16H,11-15H2,1-2H3,(H,26,29). The van der Waals surface area contributed by atoms with E-state index in [2.05, 4.69) is 15.2 Å². The maximum atomic E-state index is 12.9. The second kappa shape index (κ2) is 9.41. The van der Waals surface area contributed by atoms with E-state index in [-0.39, 0.29) is 11.8 Å². The number of nitrogens with one attached hydrogen (secondary N) is 1. The SMILES string of the molecule is Cc1cccc(C)c1NC(=O)CN1CCN(C(=O)c2csc(-c3ccccc3)n2)CC1. The van der Waals surface area contributed by atoms with Gasteiger partial charge in [-0.15, -0.1) is 11.3 Å². The Morgan fingerprint density at radius 2 is 1.65 bits per heavy atom. The van der Waals surface area contributed by atoms with Crippen LogP contribution in [0.3, 0.4) is 0 Å². The van der Waals surface area contributed by atoms with Crippen molar-refractivity contribution in [2.24, 2.45) is 0 Å². The molecule has 3 aromatic rings. The fourth-order valence-corrected chi connectivity index (χ4v) is 4.55. The fourth-order valence-electron chi connectivity index (χ4n) is 3.75. The van der Waals surface area contributed by atoms with Crippen molar-refractivity contribution in [1.29, 1.82) is 0 Å². The molecule has 0 radical (unpaired) electrons. The van der Waals surface area contributed by atoms with Gasteiger partial charge in [-0.2, -0.15) is 0 Å². The van der Waals surface area contributed by atoms with Gasteiger partial charge >= 0.3 is 0 Å². The summed E-state index contributed by atoms with van der Waals surface area (Å²) in [6, 6.07) is 15.9. The first-order valence-electron chi connectivity index (χ1n) is 10.4. The summed E-state index contributed by atoms with van der Waals surface area (Å²) >= 11 is 1.49. The molecule has 2 aromatic carbocycles. The lowest BCUT2D eigenvalue weighted by Crippen LogP contribution is -2.50. The van der Waals surface area contributed by atoms with Gasteiger partial charge in [-0.05, 0) is 25.0 Å². The zero-order valence-electron chi connectivity index (χ0n) is 17.8. The Bertz CT molecular complexity index is 1050. The van der Waals surface area contributed by atoms with E-state index in [1.165, 1.54) is 11.3 Å². The highest BCUT2D eigenvalue weighted by atomic mass is 32.1. The average molecular weight is 435 g/mol. The predicted molar refractivity (Wildman–Crippen MR) is 124 cm³/mol. The molecule has 160 valence electrons. The van der Waals surface area contributed by atoms with Crippen LogP contribution < -0.4 is 5.32 Å². The number of carbonyl (C=O) groups is 2. The van der Waals surface area contributed by atoms with Gasteiger partial charge in [-0.1, -0.05) is 48.5 Å². The number of benzene rings is 2. The topological polar surface area (TPSA) is 65.5 Å². The number of nitrogens with zero attached hydrogens (tertiary/aromatic N) is 3. The molecule has 1 aliphatic heterocycles. The molecule has 1 aromatic heterocycles. The number of amides is 2. The van der Waals surface area contributed by atoms with Crippen molar-refractivity contribution >= 4 is 28.8 Å². The van der Waals surface area contributed by atoms with E-state index < -0.39 is 0 Å². The summed E-state index contributed by atoms with van der Waals surface area (Å²) in [5.74, 6) is -0.0674. The molecule has 6 nitrogen and oxygen atoms in total. The summed E-state index contributed by atoms with van der Waals surface area (Å²) in [6.45, 7) is 6.83. The molecule has 0 spiro atoms. The van der Waals surface area contributed by atoms with Gasteiger partial charge in [0.2, 0.25) is 5.91 Å². The molecular formula is C24H26N4O2S. The van der Waals surface area contributed by atoms with Gasteiger partial charge in [0.1, 0.15) is 10.7 Å². The Kier molecular flexibility index (Phi) is 6.44. The van der Waals surface area contributed by atoms with E-state index in [4.69, 9.17) is 0 Å². The van der Waals surface area contributed by atoms with Crippen molar-refractivity contribution in [1.82, 2.24) is 14.8 Å². The minimum atomic E-state index is -0.0435. The first-order valence-corrected chi connectivity index (χ1v) is 11.3. The van der Waals surface area contributed by atoms with Gasteiger partial charge in [0, 0.05) is 42.8 Å². The maximum Gasteiger partial charge on any atom is 0.273 e. The quantitative estimate of drug-likeness (QED) is 0.663. The molecule has 2 amide bonds. The Morgan fingerprint density at radius 3 is 2.32 bits per heavy atom. The van der Waals surface area contributed by atoms with E-state index in [0.29, 0.717) is 38.4 Å². The Balaban J connectivity index is 1.30. The van der Waals surface area contributed by atoms with E-state index in [1.54, 1.807) is 0 Å². The number of thiazole rings is 1. The van der Waals surface area contributed by atoms with E-state index in [9.17, 15) is 9.59 Å². The number of hydrogen-bond acceptors (Lipinski definition) is 5. The molecule has 0 atom stereocenters. The van der Waals surface area contributed by atoms with Crippen molar-refractivity contribution in [2.75, 3.05) is 38.0 Å². The monoisotopic (exact) mass is 434 g/mol. The van der Waals surface area contributed by atoms with Crippen molar-refractivity contribution in [3.63, 3.8) is 0 Å². The second-order valence-corrected chi connectivity index (χ2v) is 8.65. The second-order valence-electron chi connectivity index (χ2n) is 7.79. The lowest BCUT2D eigenvalue weighted by molar-refractivity contribution is -0.117. The van der Waals surface area contributed by atoms with Gasteiger partial charge in [0.15, 0.2) is 0 Å². The summed E-state index contributed by atoms with van der Waals surface area (Å²) in [5.41, 5.74) is 4.51. The molecule has 7 heteroatoms. The van der Waals surface area contributed by atoms with Crippen LogP contribution in [-0.2, 0) is 4.79 Å². The third kappa shape index (κ3) is 5.00. The number of aromatic nitrogens is 1. The van der Waals surface area contributed by atoms with Crippen molar-refractivity contribution in [3.8, 4) is 10.6 Å². The number of piperazine rings is 1. The number of aryl methyl sites for hydroxylation is 2. The largest absolute Gasteiger partial charge is 0.335 e. The Labute approximate surface area is 186 Å². The van der Waals surface area contributed by atoms with Crippen LogP contribution in [0.2, 0.25) is 0 Å². The molecule has 0 unspecified atom stereocenters. The zero-order chi connectivity index (χ0) is 21.8. The average Bonchev–Trinajstić information content (AvgIpc) is 3.27. The highest BCUT2D eigenvalue weighted by Gasteiger charge is 2.25. The van der Waals surface area contributed by atoms with E-state index in [1.807, 2.05) is 72.7 Å². The van der Waals surface area contributed by atoms with Gasteiger partial charge in [-0.3, -0.25) is 14.5 Å². The minimum absolute atomic E-state index is 0.0239.